The minimum atomic E-state index is -0.236. The summed E-state index contributed by atoms with van der Waals surface area (Å²) in [5.74, 6) is 0.293. The summed E-state index contributed by atoms with van der Waals surface area (Å²) >= 11 is 5.61. The molecular formula is C8H12ClN3O. The van der Waals surface area contributed by atoms with E-state index in [1.807, 2.05) is 0 Å². The maximum Gasteiger partial charge on any atom is 0.290 e. The van der Waals surface area contributed by atoms with Crippen molar-refractivity contribution in [2.75, 3.05) is 11.9 Å². The van der Waals surface area contributed by atoms with Gasteiger partial charge in [-0.25, -0.2) is 4.98 Å². The molecule has 0 unspecified atom stereocenters. The van der Waals surface area contributed by atoms with E-state index in [1.54, 1.807) is 0 Å². The van der Waals surface area contributed by atoms with Crippen LogP contribution in [0, 0.1) is 0 Å². The maximum absolute atomic E-state index is 11.1. The number of aromatic amines is 1. The van der Waals surface area contributed by atoms with Crippen LogP contribution in [0.25, 0.3) is 0 Å². The third kappa shape index (κ3) is 3.06. The first-order chi connectivity index (χ1) is 6.24. The molecule has 0 spiro atoms. The van der Waals surface area contributed by atoms with Crippen LogP contribution in [-0.2, 0) is 0 Å². The number of aromatic nitrogens is 2. The molecule has 13 heavy (non-hydrogen) atoms. The Morgan fingerprint density at radius 3 is 3.15 bits per heavy atom. The highest BCUT2D eigenvalue weighted by Gasteiger charge is 2.00. The quantitative estimate of drug-likeness (QED) is 0.729. The molecule has 0 aromatic carbocycles. The van der Waals surface area contributed by atoms with E-state index in [9.17, 15) is 4.79 Å². The van der Waals surface area contributed by atoms with Crippen molar-refractivity contribution in [2.24, 2.45) is 0 Å². The summed E-state index contributed by atoms with van der Waals surface area (Å²) in [6.07, 6.45) is 3.45. The molecular weight excluding hydrogens is 190 g/mol. The second-order valence-electron chi connectivity index (χ2n) is 2.68. The number of unbranched alkanes of at least 4 members (excludes halogenated alkanes) is 1. The SMILES string of the molecule is CCCCNc1nc(Cl)c[nH]c1=O. The van der Waals surface area contributed by atoms with Crippen molar-refractivity contribution in [3.8, 4) is 0 Å². The second-order valence-corrected chi connectivity index (χ2v) is 3.07. The van der Waals surface area contributed by atoms with Gasteiger partial charge in [-0.1, -0.05) is 24.9 Å². The predicted molar refractivity (Wildman–Crippen MR) is 53.3 cm³/mol. The van der Waals surface area contributed by atoms with Crippen molar-refractivity contribution < 1.29 is 0 Å². The number of hydrogen-bond donors (Lipinski definition) is 2. The average Bonchev–Trinajstić information content (AvgIpc) is 2.11. The summed E-state index contributed by atoms with van der Waals surface area (Å²) in [6, 6.07) is 0. The Balaban J connectivity index is 2.65. The molecule has 0 aliphatic carbocycles. The molecule has 0 radical (unpaired) electrons. The molecule has 4 nitrogen and oxygen atoms in total. The van der Waals surface area contributed by atoms with E-state index in [0.29, 0.717) is 11.0 Å². The fourth-order valence-electron chi connectivity index (χ4n) is 0.887. The van der Waals surface area contributed by atoms with Crippen molar-refractivity contribution in [3.05, 3.63) is 21.7 Å². The van der Waals surface area contributed by atoms with Gasteiger partial charge in [0.15, 0.2) is 5.82 Å². The Bertz CT molecular complexity index is 323. The van der Waals surface area contributed by atoms with E-state index in [4.69, 9.17) is 11.6 Å². The van der Waals surface area contributed by atoms with Gasteiger partial charge in [-0.15, -0.1) is 0 Å². The highest BCUT2D eigenvalue weighted by atomic mass is 35.5. The van der Waals surface area contributed by atoms with Crippen LogP contribution in [0.1, 0.15) is 19.8 Å². The summed E-state index contributed by atoms with van der Waals surface area (Å²) < 4.78 is 0. The summed E-state index contributed by atoms with van der Waals surface area (Å²) in [5, 5.41) is 3.21. The van der Waals surface area contributed by atoms with Gasteiger partial charge in [-0.2, -0.15) is 0 Å². The van der Waals surface area contributed by atoms with Gasteiger partial charge in [0, 0.05) is 12.7 Å². The van der Waals surface area contributed by atoms with Crippen LogP contribution in [0.3, 0.4) is 0 Å². The predicted octanol–water partition coefficient (Wildman–Crippen LogP) is 1.64. The molecule has 0 saturated carbocycles. The molecule has 1 heterocycles. The van der Waals surface area contributed by atoms with Crippen molar-refractivity contribution in [2.45, 2.75) is 19.8 Å². The second kappa shape index (κ2) is 4.87. The lowest BCUT2D eigenvalue weighted by molar-refractivity contribution is 0.828. The first-order valence-electron chi connectivity index (χ1n) is 4.23. The molecule has 0 fully saturated rings. The van der Waals surface area contributed by atoms with E-state index in [0.717, 1.165) is 19.4 Å². The summed E-state index contributed by atoms with van der Waals surface area (Å²) in [5.41, 5.74) is -0.236. The van der Waals surface area contributed by atoms with Gasteiger partial charge in [0.05, 0.1) is 0 Å². The van der Waals surface area contributed by atoms with Gasteiger partial charge in [0.1, 0.15) is 5.15 Å². The van der Waals surface area contributed by atoms with Crippen LogP contribution in [0.4, 0.5) is 5.82 Å². The van der Waals surface area contributed by atoms with Crippen LogP contribution in [0.2, 0.25) is 5.15 Å². The van der Waals surface area contributed by atoms with Crippen LogP contribution in [0.15, 0.2) is 11.0 Å². The third-order valence-electron chi connectivity index (χ3n) is 1.58. The lowest BCUT2D eigenvalue weighted by atomic mass is 10.3. The third-order valence-corrected chi connectivity index (χ3v) is 1.77. The zero-order valence-corrected chi connectivity index (χ0v) is 8.19. The molecule has 0 amide bonds. The molecule has 0 bridgehead atoms. The van der Waals surface area contributed by atoms with Gasteiger partial charge >= 0.3 is 0 Å². The van der Waals surface area contributed by atoms with Crippen LogP contribution >= 0.6 is 11.6 Å². The fourth-order valence-corrected chi connectivity index (χ4v) is 1.03. The van der Waals surface area contributed by atoms with Gasteiger partial charge in [0.25, 0.3) is 5.56 Å². The number of anilines is 1. The number of nitrogens with one attached hydrogen (secondary N) is 2. The van der Waals surface area contributed by atoms with Crippen molar-refractivity contribution >= 4 is 17.4 Å². The lowest BCUT2D eigenvalue weighted by Crippen LogP contribution is -2.16. The van der Waals surface area contributed by atoms with Crippen LogP contribution in [0.5, 0.6) is 0 Å². The molecule has 1 aromatic rings. The molecule has 0 atom stereocenters. The Morgan fingerprint density at radius 1 is 1.69 bits per heavy atom. The molecule has 0 aliphatic heterocycles. The van der Waals surface area contributed by atoms with Crippen LogP contribution < -0.4 is 10.9 Å². The molecule has 0 aliphatic rings. The van der Waals surface area contributed by atoms with Crippen LogP contribution in [-0.4, -0.2) is 16.5 Å². The van der Waals surface area contributed by atoms with Crippen molar-refractivity contribution in [1.29, 1.82) is 0 Å². The van der Waals surface area contributed by atoms with Gasteiger partial charge in [0.2, 0.25) is 0 Å². The molecule has 2 N–H and O–H groups in total. The minimum absolute atomic E-state index is 0.236. The van der Waals surface area contributed by atoms with Crippen molar-refractivity contribution in [3.63, 3.8) is 0 Å². The van der Waals surface area contributed by atoms with Gasteiger partial charge < -0.3 is 10.3 Å². The monoisotopic (exact) mass is 201 g/mol. The zero-order chi connectivity index (χ0) is 9.68. The standard InChI is InChI=1S/C8H12ClN3O/c1-2-3-4-10-7-8(13)11-5-6(9)12-7/h5H,2-4H2,1H3,(H,10,12)(H,11,13). The number of rotatable bonds is 4. The van der Waals surface area contributed by atoms with E-state index in [-0.39, 0.29) is 5.56 Å². The molecule has 0 saturated heterocycles. The zero-order valence-electron chi connectivity index (χ0n) is 7.43. The van der Waals surface area contributed by atoms with E-state index >= 15 is 0 Å². The number of hydrogen-bond acceptors (Lipinski definition) is 3. The lowest BCUT2D eigenvalue weighted by Gasteiger charge is -2.02. The largest absolute Gasteiger partial charge is 0.365 e. The molecule has 1 aromatic heterocycles. The Labute approximate surface area is 81.3 Å². The highest BCUT2D eigenvalue weighted by molar-refractivity contribution is 6.29. The van der Waals surface area contributed by atoms with E-state index in [2.05, 4.69) is 22.2 Å². The molecule has 72 valence electrons. The topological polar surface area (TPSA) is 57.8 Å². The highest BCUT2D eigenvalue weighted by Crippen LogP contribution is 2.02. The average molecular weight is 202 g/mol. The van der Waals surface area contributed by atoms with Crippen molar-refractivity contribution in [1.82, 2.24) is 9.97 Å². The first-order valence-corrected chi connectivity index (χ1v) is 4.61. The fraction of sp³-hybridized carbons (Fsp3) is 0.500. The Morgan fingerprint density at radius 2 is 2.46 bits per heavy atom. The summed E-state index contributed by atoms with van der Waals surface area (Å²) in [7, 11) is 0. The number of nitrogens with zero attached hydrogens (tertiary/aromatic N) is 1. The summed E-state index contributed by atoms with van der Waals surface area (Å²) in [4.78, 5) is 17.5. The minimum Gasteiger partial charge on any atom is -0.365 e. The smallest absolute Gasteiger partial charge is 0.290 e. The number of H-pyrrole nitrogens is 1. The van der Waals surface area contributed by atoms with E-state index < -0.39 is 0 Å². The number of halogens is 1. The first kappa shape index (κ1) is 10.1. The molecule has 1 rings (SSSR count). The Kier molecular flexibility index (Phi) is 3.76. The Hall–Kier alpha value is -1.03. The normalized spacial score (nSPS) is 10.0. The van der Waals surface area contributed by atoms with Gasteiger partial charge in [-0.3, -0.25) is 4.79 Å². The molecule has 5 heteroatoms. The maximum atomic E-state index is 11.1. The van der Waals surface area contributed by atoms with Gasteiger partial charge in [-0.05, 0) is 6.42 Å². The van der Waals surface area contributed by atoms with E-state index in [1.165, 1.54) is 6.20 Å². The summed E-state index contributed by atoms with van der Waals surface area (Å²) in [6.45, 7) is 2.82.